The van der Waals surface area contributed by atoms with E-state index in [0.717, 1.165) is 11.8 Å². The van der Waals surface area contributed by atoms with Gasteiger partial charge in [0.2, 0.25) is 0 Å². The number of thioether (sulfide) groups is 1. The third-order valence-electron chi connectivity index (χ3n) is 8.21. The lowest BCUT2D eigenvalue weighted by atomic mass is 9.42. The van der Waals surface area contributed by atoms with Gasteiger partial charge in [-0.2, -0.15) is 0 Å². The molecule has 1 heterocycles. The van der Waals surface area contributed by atoms with Crippen LogP contribution in [0.1, 0.15) is 76.5 Å². The molecule has 2 saturated carbocycles. The van der Waals surface area contributed by atoms with Crippen molar-refractivity contribution in [3.63, 3.8) is 0 Å². The standard InChI is InChI=1S/C23H34S/c1-15-12-16(2)20-17(13-15)24-14-19-22(5)10-7-9-21(3,4)18(22)8-11-23(19,20)6/h12-13,18-19H,7-11,14H2,1-6H3/t18-,19+,22-,23+/m0/s1. The van der Waals surface area contributed by atoms with E-state index in [0.29, 0.717) is 16.2 Å². The third-order valence-corrected chi connectivity index (χ3v) is 9.35. The topological polar surface area (TPSA) is 0 Å². The molecule has 1 aromatic rings. The Labute approximate surface area is 153 Å². The number of benzene rings is 1. The highest BCUT2D eigenvalue weighted by molar-refractivity contribution is 7.99. The van der Waals surface area contributed by atoms with E-state index in [2.05, 4.69) is 65.4 Å². The lowest BCUT2D eigenvalue weighted by molar-refractivity contribution is -0.0974. The van der Waals surface area contributed by atoms with Crippen LogP contribution in [0.4, 0.5) is 0 Å². The molecule has 3 aliphatic rings. The van der Waals surface area contributed by atoms with E-state index in [1.165, 1.54) is 43.4 Å². The number of hydrogen-bond acceptors (Lipinski definition) is 1. The quantitative estimate of drug-likeness (QED) is 0.493. The molecule has 0 spiro atoms. The van der Waals surface area contributed by atoms with Crippen LogP contribution >= 0.6 is 11.8 Å². The molecule has 0 unspecified atom stereocenters. The minimum atomic E-state index is 0.386. The molecule has 0 N–H and O–H groups in total. The molecule has 0 radical (unpaired) electrons. The van der Waals surface area contributed by atoms with E-state index in [1.54, 1.807) is 16.0 Å². The van der Waals surface area contributed by atoms with Crippen molar-refractivity contribution in [2.24, 2.45) is 22.7 Å². The summed E-state index contributed by atoms with van der Waals surface area (Å²) in [5.74, 6) is 3.07. The number of fused-ring (bicyclic) bond motifs is 5. The predicted molar refractivity (Wildman–Crippen MR) is 106 cm³/mol. The fourth-order valence-corrected chi connectivity index (χ4v) is 9.17. The van der Waals surface area contributed by atoms with Crippen LogP contribution in [-0.4, -0.2) is 5.75 Å². The van der Waals surface area contributed by atoms with Crippen molar-refractivity contribution in [3.05, 3.63) is 28.8 Å². The SMILES string of the molecule is Cc1cc(C)c2c(c1)SC[C@@H]1[C@@]3(C)CCCC(C)(C)[C@@H]3CC[C@@]21C. The van der Waals surface area contributed by atoms with Crippen LogP contribution in [0.15, 0.2) is 17.0 Å². The highest BCUT2D eigenvalue weighted by Gasteiger charge is 2.60. The first-order chi connectivity index (χ1) is 11.2. The first-order valence-electron chi connectivity index (χ1n) is 9.93. The Bertz CT molecular complexity index is 673. The van der Waals surface area contributed by atoms with E-state index in [9.17, 15) is 0 Å². The van der Waals surface area contributed by atoms with Crippen LogP contribution in [0.2, 0.25) is 0 Å². The van der Waals surface area contributed by atoms with Gasteiger partial charge in [0, 0.05) is 10.6 Å². The zero-order valence-corrected chi connectivity index (χ0v) is 17.3. The molecule has 2 aliphatic carbocycles. The van der Waals surface area contributed by atoms with Gasteiger partial charge in [0.25, 0.3) is 0 Å². The van der Waals surface area contributed by atoms with E-state index in [4.69, 9.17) is 0 Å². The molecule has 0 nitrogen and oxygen atoms in total. The summed E-state index contributed by atoms with van der Waals surface area (Å²) in [7, 11) is 0. The molecule has 1 heteroatoms. The average Bonchev–Trinajstić information content (AvgIpc) is 2.44. The van der Waals surface area contributed by atoms with Gasteiger partial charge >= 0.3 is 0 Å². The second-order valence-electron chi connectivity index (χ2n) is 10.2. The molecular weight excluding hydrogens is 308 g/mol. The Kier molecular flexibility index (Phi) is 3.75. The van der Waals surface area contributed by atoms with Crippen molar-refractivity contribution in [2.75, 3.05) is 5.75 Å². The molecule has 0 bridgehead atoms. The summed E-state index contributed by atoms with van der Waals surface area (Å²) < 4.78 is 0. The lowest BCUT2D eigenvalue weighted by Gasteiger charge is -2.64. The van der Waals surface area contributed by atoms with Crippen molar-refractivity contribution in [2.45, 2.75) is 84.0 Å². The maximum atomic E-state index is 2.66. The molecule has 1 aliphatic heterocycles. The molecule has 24 heavy (non-hydrogen) atoms. The number of rotatable bonds is 0. The highest BCUT2D eigenvalue weighted by atomic mass is 32.2. The molecular formula is C23H34S. The second-order valence-corrected chi connectivity index (χ2v) is 11.2. The average molecular weight is 343 g/mol. The summed E-state index contributed by atoms with van der Waals surface area (Å²) in [6, 6.07) is 4.87. The molecule has 2 fully saturated rings. The van der Waals surface area contributed by atoms with E-state index < -0.39 is 0 Å². The van der Waals surface area contributed by atoms with Crippen molar-refractivity contribution >= 4 is 11.8 Å². The first kappa shape index (κ1) is 17.0. The molecule has 4 rings (SSSR count). The molecule has 132 valence electrons. The molecule has 0 amide bonds. The summed E-state index contributed by atoms with van der Waals surface area (Å²) in [6.07, 6.45) is 7.12. The zero-order chi connectivity index (χ0) is 17.3. The van der Waals surface area contributed by atoms with Crippen LogP contribution in [0, 0.1) is 36.5 Å². The largest absolute Gasteiger partial charge is 0.125 e. The van der Waals surface area contributed by atoms with Gasteiger partial charge in [-0.1, -0.05) is 40.2 Å². The lowest BCUT2D eigenvalue weighted by Crippen LogP contribution is -2.58. The van der Waals surface area contributed by atoms with Gasteiger partial charge in [-0.15, -0.1) is 11.8 Å². The van der Waals surface area contributed by atoms with Crippen molar-refractivity contribution < 1.29 is 0 Å². The summed E-state index contributed by atoms with van der Waals surface area (Å²) in [4.78, 5) is 1.59. The van der Waals surface area contributed by atoms with E-state index in [-0.39, 0.29) is 0 Å². The van der Waals surface area contributed by atoms with Gasteiger partial charge in [0.15, 0.2) is 0 Å². The van der Waals surface area contributed by atoms with Gasteiger partial charge in [0.05, 0.1) is 0 Å². The maximum absolute atomic E-state index is 2.66. The predicted octanol–water partition coefficient (Wildman–Crippen LogP) is 6.91. The minimum absolute atomic E-state index is 0.386. The number of aryl methyl sites for hydroxylation is 2. The summed E-state index contributed by atoms with van der Waals surface area (Å²) >= 11 is 2.16. The monoisotopic (exact) mass is 342 g/mol. The minimum Gasteiger partial charge on any atom is -0.125 e. The van der Waals surface area contributed by atoms with Crippen LogP contribution < -0.4 is 0 Å². The smallest absolute Gasteiger partial charge is 0.0115 e. The third kappa shape index (κ3) is 2.19. The van der Waals surface area contributed by atoms with Crippen LogP contribution in [0.5, 0.6) is 0 Å². The molecule has 4 atom stereocenters. The van der Waals surface area contributed by atoms with Crippen LogP contribution in [-0.2, 0) is 5.41 Å². The summed E-state index contributed by atoms with van der Waals surface area (Å²) in [5.41, 5.74) is 6.12. The van der Waals surface area contributed by atoms with Gasteiger partial charge in [-0.05, 0) is 90.4 Å². The Morgan fingerprint density at radius 1 is 0.958 bits per heavy atom. The highest BCUT2D eigenvalue weighted by Crippen LogP contribution is 2.67. The Morgan fingerprint density at radius 2 is 1.71 bits per heavy atom. The van der Waals surface area contributed by atoms with Crippen LogP contribution in [0.25, 0.3) is 0 Å². The van der Waals surface area contributed by atoms with Gasteiger partial charge in [0.1, 0.15) is 0 Å². The molecule has 0 aromatic heterocycles. The second kappa shape index (κ2) is 5.29. The van der Waals surface area contributed by atoms with Gasteiger partial charge in [-0.3, -0.25) is 0 Å². The Hall–Kier alpha value is -0.430. The normalized spacial score (nSPS) is 40.4. The zero-order valence-electron chi connectivity index (χ0n) is 16.5. The fraction of sp³-hybridized carbons (Fsp3) is 0.739. The Morgan fingerprint density at radius 3 is 2.46 bits per heavy atom. The van der Waals surface area contributed by atoms with Crippen molar-refractivity contribution in [3.8, 4) is 0 Å². The Balaban J connectivity index is 1.84. The summed E-state index contributed by atoms with van der Waals surface area (Å²) in [5, 5.41) is 0. The fourth-order valence-electron chi connectivity index (χ4n) is 7.27. The molecule has 0 saturated heterocycles. The summed E-state index contributed by atoms with van der Waals surface area (Å²) in [6.45, 7) is 15.0. The van der Waals surface area contributed by atoms with Gasteiger partial charge < -0.3 is 0 Å². The van der Waals surface area contributed by atoms with E-state index in [1.807, 2.05) is 0 Å². The van der Waals surface area contributed by atoms with Crippen molar-refractivity contribution in [1.29, 1.82) is 0 Å². The first-order valence-corrected chi connectivity index (χ1v) is 10.9. The maximum Gasteiger partial charge on any atom is 0.0115 e. The van der Waals surface area contributed by atoms with Gasteiger partial charge in [-0.25, -0.2) is 0 Å². The van der Waals surface area contributed by atoms with Crippen molar-refractivity contribution in [1.82, 2.24) is 0 Å². The number of hydrogen-bond donors (Lipinski definition) is 0. The van der Waals surface area contributed by atoms with E-state index >= 15 is 0 Å². The van der Waals surface area contributed by atoms with Crippen LogP contribution in [0.3, 0.4) is 0 Å². The molecule has 1 aromatic carbocycles.